The van der Waals surface area contributed by atoms with E-state index in [1.807, 2.05) is 0 Å². The molecule has 1 heterocycles. The van der Waals surface area contributed by atoms with Gasteiger partial charge in [0.2, 0.25) is 0 Å². The summed E-state index contributed by atoms with van der Waals surface area (Å²) in [7, 11) is 1.24. The Morgan fingerprint density at radius 3 is 2.44 bits per heavy atom. The van der Waals surface area contributed by atoms with Crippen LogP contribution in [0.3, 0.4) is 0 Å². The molecule has 6 nitrogen and oxygen atoms in total. The molecule has 1 N–H and O–H groups in total. The number of ketones is 1. The number of Topliss-reactive ketones (excluding diaryl/α,β-unsaturated/α-hetero) is 1. The highest BCUT2D eigenvalue weighted by molar-refractivity contribution is 5.92. The number of carbonyl (C=O) groups is 3. The molecule has 1 aliphatic rings. The van der Waals surface area contributed by atoms with Crippen molar-refractivity contribution in [1.29, 1.82) is 0 Å². The van der Waals surface area contributed by atoms with E-state index in [-0.39, 0.29) is 18.0 Å². The Hall–Kier alpha value is -2.28. The number of hydrogen-bond acceptors (Lipinski definition) is 6. The number of methoxy groups -OCH3 is 1. The monoisotopic (exact) mass is 379 g/mol. The Balaban J connectivity index is 2.19. The lowest BCUT2D eigenvalue weighted by Gasteiger charge is -2.31. The molecule has 1 unspecified atom stereocenters. The van der Waals surface area contributed by atoms with Gasteiger partial charge in [-0.15, -0.1) is 0 Å². The molecule has 0 bridgehead atoms. The third-order valence-electron chi connectivity index (χ3n) is 5.02. The van der Waals surface area contributed by atoms with Gasteiger partial charge in [0, 0.05) is 13.3 Å². The maximum absolute atomic E-state index is 13.2. The van der Waals surface area contributed by atoms with Crippen LogP contribution in [0, 0.1) is 11.7 Å². The zero-order chi connectivity index (χ0) is 20.0. The van der Waals surface area contributed by atoms with Gasteiger partial charge in [-0.1, -0.05) is 12.1 Å². The highest BCUT2D eigenvalue weighted by atomic mass is 19.1. The van der Waals surface area contributed by atoms with Crippen LogP contribution in [0.5, 0.6) is 0 Å². The molecule has 0 saturated carbocycles. The fraction of sp³-hybridized carbons (Fsp3) is 0.550. The molecule has 1 aromatic carbocycles. The lowest BCUT2D eigenvalue weighted by atomic mass is 9.80. The molecule has 27 heavy (non-hydrogen) atoms. The van der Waals surface area contributed by atoms with E-state index in [4.69, 9.17) is 9.47 Å². The smallest absolute Gasteiger partial charge is 0.312 e. The van der Waals surface area contributed by atoms with Crippen molar-refractivity contribution in [2.45, 2.75) is 51.2 Å². The van der Waals surface area contributed by atoms with Crippen molar-refractivity contribution in [2.75, 3.05) is 13.7 Å². The SMILES string of the molecule is COC(=O)[C@@H](CC(=O)C1(Cc2ccc(F)cc2)CCCN1)[C@@H](C)OC(C)=O. The minimum atomic E-state index is -0.876. The second kappa shape index (κ2) is 9.08. The van der Waals surface area contributed by atoms with Crippen molar-refractivity contribution < 1.29 is 28.2 Å². The molecule has 7 heteroatoms. The maximum Gasteiger partial charge on any atom is 0.312 e. The normalized spacial score (nSPS) is 21.3. The summed E-state index contributed by atoms with van der Waals surface area (Å²) in [5.74, 6) is -2.46. The van der Waals surface area contributed by atoms with E-state index in [2.05, 4.69) is 5.32 Å². The summed E-state index contributed by atoms with van der Waals surface area (Å²) in [6, 6.07) is 6.04. The zero-order valence-electron chi connectivity index (χ0n) is 15.9. The number of carbonyl (C=O) groups excluding carboxylic acids is 3. The third-order valence-corrected chi connectivity index (χ3v) is 5.02. The highest BCUT2D eigenvalue weighted by Crippen LogP contribution is 2.29. The van der Waals surface area contributed by atoms with Gasteiger partial charge in [0.15, 0.2) is 5.78 Å². The van der Waals surface area contributed by atoms with Crippen LogP contribution < -0.4 is 5.32 Å². The van der Waals surface area contributed by atoms with E-state index >= 15 is 0 Å². The quantitative estimate of drug-likeness (QED) is 0.698. The predicted molar refractivity (Wildman–Crippen MR) is 96.4 cm³/mol. The number of rotatable bonds is 8. The van der Waals surface area contributed by atoms with Crippen LogP contribution in [0.4, 0.5) is 4.39 Å². The minimum absolute atomic E-state index is 0.102. The maximum atomic E-state index is 13.2. The summed E-state index contributed by atoms with van der Waals surface area (Å²) in [5.41, 5.74) is 0.0156. The van der Waals surface area contributed by atoms with Gasteiger partial charge >= 0.3 is 11.9 Å². The van der Waals surface area contributed by atoms with Gasteiger partial charge in [-0.05, 0) is 50.4 Å². The van der Waals surface area contributed by atoms with Crippen molar-refractivity contribution in [3.8, 4) is 0 Å². The van der Waals surface area contributed by atoms with Gasteiger partial charge in [0.05, 0.1) is 12.6 Å². The first kappa shape index (κ1) is 21.0. The van der Waals surface area contributed by atoms with Crippen LogP contribution in [0.2, 0.25) is 0 Å². The van der Waals surface area contributed by atoms with E-state index in [1.165, 1.54) is 26.2 Å². The largest absolute Gasteiger partial charge is 0.469 e. The van der Waals surface area contributed by atoms with Crippen LogP contribution in [0.25, 0.3) is 0 Å². The minimum Gasteiger partial charge on any atom is -0.469 e. The Labute approximate surface area is 158 Å². The van der Waals surface area contributed by atoms with E-state index in [0.717, 1.165) is 12.0 Å². The number of benzene rings is 1. The number of esters is 2. The molecule has 1 aromatic rings. The molecule has 1 saturated heterocycles. The Morgan fingerprint density at radius 2 is 1.93 bits per heavy atom. The van der Waals surface area contributed by atoms with Gasteiger partial charge < -0.3 is 14.8 Å². The molecule has 0 spiro atoms. The van der Waals surface area contributed by atoms with Crippen molar-refractivity contribution >= 4 is 17.7 Å². The topological polar surface area (TPSA) is 81.7 Å². The molecule has 0 aromatic heterocycles. The standard InChI is InChI=1S/C20H26FNO5/c1-13(27-14(2)23)17(19(25)26-3)11-18(24)20(9-4-10-22-20)12-15-5-7-16(21)8-6-15/h5-8,13,17,22H,4,9-12H2,1-3H3/t13-,17+,20?/m1/s1. The second-order valence-corrected chi connectivity index (χ2v) is 6.99. The molecule has 2 rings (SSSR count). The van der Waals surface area contributed by atoms with Gasteiger partial charge in [0.25, 0.3) is 0 Å². The molecule has 3 atom stereocenters. The molecule has 148 valence electrons. The van der Waals surface area contributed by atoms with Crippen molar-refractivity contribution in [1.82, 2.24) is 5.32 Å². The number of halogens is 1. The Bertz CT molecular complexity index is 682. The van der Waals surface area contributed by atoms with E-state index < -0.39 is 29.5 Å². The highest BCUT2D eigenvalue weighted by Gasteiger charge is 2.43. The lowest BCUT2D eigenvalue weighted by molar-refractivity contribution is -0.160. The van der Waals surface area contributed by atoms with E-state index in [0.29, 0.717) is 19.4 Å². The molecular formula is C20H26FNO5. The molecule has 0 radical (unpaired) electrons. The van der Waals surface area contributed by atoms with Gasteiger partial charge in [0.1, 0.15) is 17.8 Å². The first-order valence-corrected chi connectivity index (χ1v) is 9.05. The Kier molecular flexibility index (Phi) is 7.07. The van der Waals surface area contributed by atoms with Crippen LogP contribution in [0.15, 0.2) is 24.3 Å². The number of nitrogens with one attached hydrogen (secondary N) is 1. The van der Waals surface area contributed by atoms with Crippen molar-refractivity contribution in [3.05, 3.63) is 35.6 Å². The van der Waals surface area contributed by atoms with Gasteiger partial charge in [-0.25, -0.2) is 4.39 Å². The first-order valence-electron chi connectivity index (χ1n) is 9.05. The summed E-state index contributed by atoms with van der Waals surface area (Å²) in [4.78, 5) is 36.6. The summed E-state index contributed by atoms with van der Waals surface area (Å²) in [6.07, 6.45) is 0.981. The predicted octanol–water partition coefficient (Wildman–Crippen LogP) is 2.19. The van der Waals surface area contributed by atoms with Gasteiger partial charge in [-0.3, -0.25) is 14.4 Å². The number of hydrogen-bond donors (Lipinski definition) is 1. The van der Waals surface area contributed by atoms with Crippen molar-refractivity contribution in [3.63, 3.8) is 0 Å². The Morgan fingerprint density at radius 1 is 1.26 bits per heavy atom. The van der Waals surface area contributed by atoms with Crippen LogP contribution in [-0.4, -0.2) is 43.0 Å². The molecular weight excluding hydrogens is 353 g/mol. The van der Waals surface area contributed by atoms with E-state index in [9.17, 15) is 18.8 Å². The number of ether oxygens (including phenoxy) is 2. The second-order valence-electron chi connectivity index (χ2n) is 6.99. The summed E-state index contributed by atoms with van der Waals surface area (Å²) in [5, 5.41) is 3.27. The molecule has 0 aliphatic carbocycles. The molecule has 0 amide bonds. The van der Waals surface area contributed by atoms with Crippen LogP contribution >= 0.6 is 0 Å². The van der Waals surface area contributed by atoms with E-state index in [1.54, 1.807) is 19.1 Å². The van der Waals surface area contributed by atoms with Crippen molar-refractivity contribution in [2.24, 2.45) is 5.92 Å². The average molecular weight is 379 g/mol. The fourth-order valence-corrected chi connectivity index (χ4v) is 3.58. The summed E-state index contributed by atoms with van der Waals surface area (Å²) < 4.78 is 23.1. The average Bonchev–Trinajstić information content (AvgIpc) is 3.10. The van der Waals surface area contributed by atoms with Crippen LogP contribution in [0.1, 0.15) is 38.7 Å². The molecule has 1 aliphatic heterocycles. The lowest BCUT2D eigenvalue weighted by Crippen LogP contribution is -2.51. The first-order chi connectivity index (χ1) is 12.8. The van der Waals surface area contributed by atoms with Gasteiger partial charge in [-0.2, -0.15) is 0 Å². The van der Waals surface area contributed by atoms with Crippen LogP contribution in [-0.2, 0) is 30.3 Å². The summed E-state index contributed by atoms with van der Waals surface area (Å²) >= 11 is 0. The zero-order valence-corrected chi connectivity index (χ0v) is 15.9. The summed E-state index contributed by atoms with van der Waals surface area (Å²) in [6.45, 7) is 3.52. The molecule has 1 fully saturated rings. The third kappa shape index (κ3) is 5.35. The fourth-order valence-electron chi connectivity index (χ4n) is 3.58.